The van der Waals surface area contributed by atoms with Gasteiger partial charge in [-0.2, -0.15) is 0 Å². The number of benzene rings is 2. The van der Waals surface area contributed by atoms with Gasteiger partial charge in [-0.1, -0.05) is 35.9 Å². The molecule has 2 heterocycles. The first-order chi connectivity index (χ1) is 15.1. The number of ether oxygens (including phenoxy) is 2. The number of amides is 1. The van der Waals surface area contributed by atoms with Gasteiger partial charge in [-0.3, -0.25) is 9.69 Å². The third-order valence-corrected chi connectivity index (χ3v) is 5.74. The van der Waals surface area contributed by atoms with Gasteiger partial charge in [0.15, 0.2) is 21.8 Å². The Balaban J connectivity index is 1.77. The lowest BCUT2D eigenvalue weighted by Crippen LogP contribution is -2.28. The average molecular weight is 452 g/mol. The summed E-state index contributed by atoms with van der Waals surface area (Å²) in [6, 6.07) is 18.3. The maximum absolute atomic E-state index is 13.3. The summed E-state index contributed by atoms with van der Waals surface area (Å²) in [6.45, 7) is 0. The minimum atomic E-state index is -0.176. The van der Waals surface area contributed by atoms with Crippen LogP contribution in [0.5, 0.6) is 11.5 Å². The Hall–Kier alpha value is -3.29. The van der Waals surface area contributed by atoms with Crippen molar-refractivity contribution in [3.63, 3.8) is 0 Å². The van der Waals surface area contributed by atoms with Gasteiger partial charge in [0.1, 0.15) is 5.69 Å². The maximum Gasteiger partial charge on any atom is 0.271 e. The summed E-state index contributed by atoms with van der Waals surface area (Å²) in [7, 11) is 3.15. The number of hydrogen-bond donors (Lipinski definition) is 0. The number of thioether (sulfide) groups is 1. The number of carbonyl (C=O) groups excluding carboxylic acids is 1. The smallest absolute Gasteiger partial charge is 0.271 e. The molecule has 0 bridgehead atoms. The van der Waals surface area contributed by atoms with Crippen molar-refractivity contribution in [1.82, 2.24) is 4.98 Å². The van der Waals surface area contributed by atoms with Gasteiger partial charge in [-0.15, -0.1) is 0 Å². The molecule has 6 nitrogen and oxygen atoms in total. The Morgan fingerprint density at radius 2 is 1.81 bits per heavy atom. The highest BCUT2D eigenvalue weighted by atomic mass is 35.5. The van der Waals surface area contributed by atoms with Crippen LogP contribution in [0, 0.1) is 0 Å². The number of rotatable bonds is 5. The first kappa shape index (κ1) is 21.0. The molecule has 1 saturated heterocycles. The molecule has 1 amide bonds. The molecule has 0 atom stereocenters. The van der Waals surface area contributed by atoms with Crippen LogP contribution in [0.2, 0.25) is 5.15 Å². The minimum Gasteiger partial charge on any atom is -0.493 e. The van der Waals surface area contributed by atoms with Crippen LogP contribution in [-0.4, -0.2) is 30.3 Å². The second-order valence-corrected chi connectivity index (χ2v) is 7.78. The van der Waals surface area contributed by atoms with Crippen molar-refractivity contribution >= 4 is 51.9 Å². The van der Waals surface area contributed by atoms with Crippen LogP contribution in [0.4, 0.5) is 11.4 Å². The molecule has 0 saturated carbocycles. The number of carbonyl (C=O) groups is 1. The molecule has 3 aromatic rings. The van der Waals surface area contributed by atoms with E-state index >= 15 is 0 Å². The SMILES string of the molecule is COc1ccc(/C=C2\SC(=Nc3cccnc3Cl)N(c3ccccc3)C2=O)cc1OC. The lowest BCUT2D eigenvalue weighted by atomic mass is 10.2. The molecule has 1 aliphatic rings. The Morgan fingerprint density at radius 1 is 1.03 bits per heavy atom. The van der Waals surface area contributed by atoms with Gasteiger partial charge in [0, 0.05) is 6.20 Å². The van der Waals surface area contributed by atoms with E-state index in [9.17, 15) is 4.79 Å². The molecule has 8 heteroatoms. The predicted octanol–water partition coefficient (Wildman–Crippen LogP) is 5.56. The molecule has 156 valence electrons. The van der Waals surface area contributed by atoms with E-state index in [0.29, 0.717) is 27.3 Å². The number of hydrogen-bond acceptors (Lipinski definition) is 6. The van der Waals surface area contributed by atoms with Crippen molar-refractivity contribution in [2.45, 2.75) is 0 Å². The lowest BCUT2D eigenvalue weighted by Gasteiger charge is -2.15. The summed E-state index contributed by atoms with van der Waals surface area (Å²) in [5.74, 6) is 1.03. The molecule has 1 fully saturated rings. The van der Waals surface area contributed by atoms with Crippen LogP contribution in [0.1, 0.15) is 5.56 Å². The van der Waals surface area contributed by atoms with Crippen molar-refractivity contribution in [2.75, 3.05) is 19.1 Å². The summed E-state index contributed by atoms with van der Waals surface area (Å²) in [5, 5.41) is 0.770. The second kappa shape index (κ2) is 9.24. The van der Waals surface area contributed by atoms with Gasteiger partial charge < -0.3 is 9.47 Å². The summed E-state index contributed by atoms with van der Waals surface area (Å²) in [6.07, 6.45) is 3.40. The molecule has 1 aliphatic heterocycles. The molecule has 0 N–H and O–H groups in total. The lowest BCUT2D eigenvalue weighted by molar-refractivity contribution is -0.113. The maximum atomic E-state index is 13.3. The van der Waals surface area contributed by atoms with Crippen molar-refractivity contribution in [2.24, 2.45) is 4.99 Å². The fourth-order valence-corrected chi connectivity index (χ4v) is 4.17. The van der Waals surface area contributed by atoms with Gasteiger partial charge in [-0.25, -0.2) is 9.98 Å². The highest BCUT2D eigenvalue weighted by Gasteiger charge is 2.35. The van der Waals surface area contributed by atoms with Gasteiger partial charge in [-0.05, 0) is 59.8 Å². The zero-order chi connectivity index (χ0) is 21.8. The van der Waals surface area contributed by atoms with Crippen LogP contribution in [-0.2, 0) is 4.79 Å². The van der Waals surface area contributed by atoms with E-state index in [0.717, 1.165) is 11.3 Å². The molecular formula is C23H18ClN3O3S. The van der Waals surface area contributed by atoms with Gasteiger partial charge >= 0.3 is 0 Å². The standard InChI is InChI=1S/C23H18ClN3O3S/c1-29-18-11-10-15(13-19(18)30-2)14-20-22(28)27(16-7-4-3-5-8-16)23(31-20)26-17-9-6-12-25-21(17)24/h3-14H,1-2H3/b20-14-,26-23?. The molecular weight excluding hydrogens is 434 g/mol. The van der Waals surface area contributed by atoms with Crippen molar-refractivity contribution < 1.29 is 14.3 Å². The summed E-state index contributed by atoms with van der Waals surface area (Å²) in [4.78, 5) is 24.1. The number of para-hydroxylation sites is 1. The number of nitrogens with zero attached hydrogens (tertiary/aromatic N) is 3. The van der Waals surface area contributed by atoms with E-state index in [4.69, 9.17) is 21.1 Å². The number of pyridine rings is 1. The summed E-state index contributed by atoms with van der Waals surface area (Å²) < 4.78 is 10.7. The molecule has 1 aromatic heterocycles. The average Bonchev–Trinajstić information content (AvgIpc) is 3.10. The fourth-order valence-electron chi connectivity index (χ4n) is 3.01. The summed E-state index contributed by atoms with van der Waals surface area (Å²) >= 11 is 7.46. The van der Waals surface area contributed by atoms with E-state index in [-0.39, 0.29) is 11.1 Å². The quantitative estimate of drug-likeness (QED) is 0.375. The second-order valence-electron chi connectivity index (χ2n) is 6.41. The van der Waals surface area contributed by atoms with E-state index < -0.39 is 0 Å². The first-order valence-electron chi connectivity index (χ1n) is 9.31. The Morgan fingerprint density at radius 3 is 2.52 bits per heavy atom. The van der Waals surface area contributed by atoms with Crippen molar-refractivity contribution in [3.05, 3.63) is 82.5 Å². The minimum absolute atomic E-state index is 0.176. The van der Waals surface area contributed by atoms with Gasteiger partial charge in [0.2, 0.25) is 0 Å². The number of amidine groups is 1. The van der Waals surface area contributed by atoms with Crippen molar-refractivity contribution in [1.29, 1.82) is 0 Å². The fraction of sp³-hybridized carbons (Fsp3) is 0.0870. The number of aliphatic imine (C=N–C) groups is 1. The Kier molecular flexibility index (Phi) is 6.25. The monoisotopic (exact) mass is 451 g/mol. The number of aromatic nitrogens is 1. The van der Waals surface area contributed by atoms with E-state index in [1.54, 1.807) is 49.6 Å². The number of methoxy groups -OCH3 is 2. The van der Waals surface area contributed by atoms with Crippen molar-refractivity contribution in [3.8, 4) is 11.5 Å². The van der Waals surface area contributed by atoms with Crippen LogP contribution in [0.15, 0.2) is 76.8 Å². The zero-order valence-corrected chi connectivity index (χ0v) is 18.4. The number of anilines is 1. The van der Waals surface area contributed by atoms with E-state index in [1.165, 1.54) is 11.8 Å². The third kappa shape index (κ3) is 4.42. The molecule has 4 rings (SSSR count). The van der Waals surface area contributed by atoms with Crippen LogP contribution < -0.4 is 14.4 Å². The van der Waals surface area contributed by atoms with Gasteiger partial charge in [0.05, 0.1) is 24.8 Å². The zero-order valence-electron chi connectivity index (χ0n) is 16.8. The molecule has 2 aromatic carbocycles. The van der Waals surface area contributed by atoms with Gasteiger partial charge in [0.25, 0.3) is 5.91 Å². The largest absolute Gasteiger partial charge is 0.493 e. The predicted molar refractivity (Wildman–Crippen MR) is 125 cm³/mol. The Bertz CT molecular complexity index is 1180. The first-order valence-corrected chi connectivity index (χ1v) is 10.5. The Labute approximate surface area is 189 Å². The third-order valence-electron chi connectivity index (χ3n) is 4.48. The highest BCUT2D eigenvalue weighted by Crippen LogP contribution is 2.38. The summed E-state index contributed by atoms with van der Waals surface area (Å²) in [5.41, 5.74) is 2.02. The molecule has 0 radical (unpaired) electrons. The topological polar surface area (TPSA) is 64.0 Å². The molecule has 0 spiro atoms. The van der Waals surface area contributed by atoms with E-state index in [2.05, 4.69) is 9.98 Å². The normalized spacial score (nSPS) is 16.2. The number of halogens is 1. The highest BCUT2D eigenvalue weighted by molar-refractivity contribution is 8.19. The van der Waals surface area contributed by atoms with Crippen LogP contribution in [0.3, 0.4) is 0 Å². The van der Waals surface area contributed by atoms with Crippen LogP contribution in [0.25, 0.3) is 6.08 Å². The molecule has 31 heavy (non-hydrogen) atoms. The van der Waals surface area contributed by atoms with E-state index in [1.807, 2.05) is 42.5 Å². The molecule has 0 unspecified atom stereocenters. The molecule has 0 aliphatic carbocycles. The van der Waals surface area contributed by atoms with Crippen LogP contribution >= 0.6 is 23.4 Å².